The van der Waals surface area contributed by atoms with Crippen LogP contribution < -0.4 is 10.6 Å². The zero-order valence-corrected chi connectivity index (χ0v) is 22.5. The molecule has 0 aliphatic carbocycles. The molecule has 0 aliphatic heterocycles. The number of amides is 1. The van der Waals surface area contributed by atoms with Crippen LogP contribution in [0.5, 0.6) is 0 Å². The van der Waals surface area contributed by atoms with Gasteiger partial charge in [-0.2, -0.15) is 0 Å². The summed E-state index contributed by atoms with van der Waals surface area (Å²) in [5.74, 6) is 0.762. The van der Waals surface area contributed by atoms with Crippen LogP contribution in [0.25, 0.3) is 22.9 Å². The SMILES string of the molecule is CCOC(=O)CCNC(=O)c1ccc(C(Nc2ccc(-c3nnc(-c4ccccc4)o3)cc2)C(C)CC)cc1. The maximum absolute atomic E-state index is 12.5. The van der Waals surface area contributed by atoms with Gasteiger partial charge in [-0.1, -0.05) is 50.6 Å². The summed E-state index contributed by atoms with van der Waals surface area (Å²) in [6.45, 7) is 6.69. The molecule has 2 unspecified atom stereocenters. The van der Waals surface area contributed by atoms with E-state index in [0.717, 1.165) is 28.8 Å². The quantitative estimate of drug-likeness (QED) is 0.209. The summed E-state index contributed by atoms with van der Waals surface area (Å²) >= 11 is 0. The Bertz CT molecular complexity index is 1350. The summed E-state index contributed by atoms with van der Waals surface area (Å²) in [6, 6.07) is 25.2. The van der Waals surface area contributed by atoms with Gasteiger partial charge < -0.3 is 19.8 Å². The molecule has 0 bridgehead atoms. The molecule has 0 fully saturated rings. The van der Waals surface area contributed by atoms with Gasteiger partial charge in [0.15, 0.2) is 0 Å². The minimum Gasteiger partial charge on any atom is -0.466 e. The second kappa shape index (κ2) is 13.4. The van der Waals surface area contributed by atoms with Crippen LogP contribution in [0, 0.1) is 5.92 Å². The largest absolute Gasteiger partial charge is 0.466 e. The fourth-order valence-electron chi connectivity index (χ4n) is 4.17. The molecular formula is C31H34N4O4. The van der Waals surface area contributed by atoms with Crippen molar-refractivity contribution in [2.24, 2.45) is 5.92 Å². The molecule has 202 valence electrons. The first-order chi connectivity index (χ1) is 19.0. The summed E-state index contributed by atoms with van der Waals surface area (Å²) in [5.41, 5.74) is 4.32. The molecule has 2 N–H and O–H groups in total. The summed E-state index contributed by atoms with van der Waals surface area (Å²) in [5, 5.41) is 14.8. The number of carbonyl (C=O) groups excluding carboxylic acids is 2. The van der Waals surface area contributed by atoms with E-state index in [9.17, 15) is 9.59 Å². The standard InChI is InChI=1S/C31H34N4O4/c1-4-21(3)28(22-11-13-23(14-12-22)29(37)32-20-19-27(36)38-5-2)33-26-17-15-25(16-18-26)31-35-34-30(39-31)24-9-7-6-8-10-24/h6-18,21,28,33H,4-5,19-20H2,1-3H3,(H,32,37). The topological polar surface area (TPSA) is 106 Å². The van der Waals surface area contributed by atoms with E-state index in [-0.39, 0.29) is 30.9 Å². The third kappa shape index (κ3) is 7.31. The first-order valence-electron chi connectivity index (χ1n) is 13.3. The van der Waals surface area contributed by atoms with Crippen molar-refractivity contribution in [3.63, 3.8) is 0 Å². The highest BCUT2D eigenvalue weighted by molar-refractivity contribution is 5.94. The Morgan fingerprint density at radius 1 is 0.872 bits per heavy atom. The molecule has 4 rings (SSSR count). The van der Waals surface area contributed by atoms with E-state index in [0.29, 0.717) is 29.9 Å². The highest BCUT2D eigenvalue weighted by atomic mass is 16.5. The van der Waals surface area contributed by atoms with E-state index in [4.69, 9.17) is 9.15 Å². The van der Waals surface area contributed by atoms with Gasteiger partial charge in [-0.3, -0.25) is 9.59 Å². The third-order valence-corrected chi connectivity index (χ3v) is 6.56. The van der Waals surface area contributed by atoms with Crippen molar-refractivity contribution in [2.75, 3.05) is 18.5 Å². The third-order valence-electron chi connectivity index (χ3n) is 6.56. The predicted octanol–water partition coefficient (Wildman–Crippen LogP) is 6.29. The maximum Gasteiger partial charge on any atom is 0.307 e. The molecule has 0 saturated heterocycles. The fourth-order valence-corrected chi connectivity index (χ4v) is 4.17. The fraction of sp³-hybridized carbons (Fsp3) is 0.290. The van der Waals surface area contributed by atoms with Crippen molar-refractivity contribution in [3.8, 4) is 22.9 Å². The zero-order chi connectivity index (χ0) is 27.6. The number of carbonyl (C=O) groups is 2. The monoisotopic (exact) mass is 526 g/mol. The number of aromatic nitrogens is 2. The van der Waals surface area contributed by atoms with E-state index in [1.807, 2.05) is 78.9 Å². The van der Waals surface area contributed by atoms with Crippen LogP contribution in [0.1, 0.15) is 55.6 Å². The van der Waals surface area contributed by atoms with Gasteiger partial charge in [-0.25, -0.2) is 0 Å². The minimum absolute atomic E-state index is 0.0508. The smallest absolute Gasteiger partial charge is 0.307 e. The Kier molecular flexibility index (Phi) is 9.45. The number of anilines is 1. The molecule has 8 heteroatoms. The van der Waals surface area contributed by atoms with Gasteiger partial charge in [0.1, 0.15) is 0 Å². The van der Waals surface area contributed by atoms with E-state index < -0.39 is 0 Å². The van der Waals surface area contributed by atoms with Crippen LogP contribution in [0.4, 0.5) is 5.69 Å². The highest BCUT2D eigenvalue weighted by Gasteiger charge is 2.19. The Hall–Kier alpha value is -4.46. The summed E-state index contributed by atoms with van der Waals surface area (Å²) in [6.07, 6.45) is 1.13. The lowest BCUT2D eigenvalue weighted by molar-refractivity contribution is -0.142. The number of hydrogen-bond acceptors (Lipinski definition) is 7. The molecule has 8 nitrogen and oxygen atoms in total. The molecule has 1 aromatic heterocycles. The molecule has 1 heterocycles. The van der Waals surface area contributed by atoms with Crippen LogP contribution in [0.2, 0.25) is 0 Å². The second-order valence-corrected chi connectivity index (χ2v) is 9.30. The molecule has 39 heavy (non-hydrogen) atoms. The molecular weight excluding hydrogens is 492 g/mol. The summed E-state index contributed by atoms with van der Waals surface area (Å²) in [4.78, 5) is 24.0. The lowest BCUT2D eigenvalue weighted by Gasteiger charge is -2.26. The first-order valence-corrected chi connectivity index (χ1v) is 13.3. The van der Waals surface area contributed by atoms with Gasteiger partial charge >= 0.3 is 5.97 Å². The molecule has 0 radical (unpaired) electrons. The number of nitrogens with zero attached hydrogens (tertiary/aromatic N) is 2. The van der Waals surface area contributed by atoms with Crippen molar-refractivity contribution < 1.29 is 18.7 Å². The van der Waals surface area contributed by atoms with Crippen molar-refractivity contribution in [1.29, 1.82) is 0 Å². The van der Waals surface area contributed by atoms with Crippen LogP contribution in [0.3, 0.4) is 0 Å². The van der Waals surface area contributed by atoms with Crippen molar-refractivity contribution in [3.05, 3.63) is 90.0 Å². The number of rotatable bonds is 12. The summed E-state index contributed by atoms with van der Waals surface area (Å²) < 4.78 is 10.8. The predicted molar refractivity (Wildman–Crippen MR) is 151 cm³/mol. The van der Waals surface area contributed by atoms with Gasteiger partial charge in [0.2, 0.25) is 11.8 Å². The van der Waals surface area contributed by atoms with Crippen LogP contribution >= 0.6 is 0 Å². The number of benzene rings is 3. The molecule has 0 spiro atoms. The maximum atomic E-state index is 12.5. The number of hydrogen-bond donors (Lipinski definition) is 2. The normalized spacial score (nSPS) is 12.4. The van der Waals surface area contributed by atoms with Crippen LogP contribution in [-0.4, -0.2) is 35.2 Å². The molecule has 3 aromatic carbocycles. The second-order valence-electron chi connectivity index (χ2n) is 9.30. The van der Waals surface area contributed by atoms with Crippen molar-refractivity contribution in [2.45, 2.75) is 39.7 Å². The molecule has 1 amide bonds. The van der Waals surface area contributed by atoms with Gasteiger partial charge in [-0.15, -0.1) is 10.2 Å². The molecule has 2 atom stereocenters. The van der Waals surface area contributed by atoms with Crippen molar-refractivity contribution >= 4 is 17.6 Å². The summed E-state index contributed by atoms with van der Waals surface area (Å²) in [7, 11) is 0. The van der Waals surface area contributed by atoms with Gasteiger partial charge in [0.05, 0.1) is 19.1 Å². The van der Waals surface area contributed by atoms with Gasteiger partial charge in [0, 0.05) is 28.9 Å². The minimum atomic E-state index is -0.322. The Morgan fingerprint density at radius 3 is 2.13 bits per heavy atom. The Morgan fingerprint density at radius 2 is 1.51 bits per heavy atom. The van der Waals surface area contributed by atoms with E-state index >= 15 is 0 Å². The molecule has 4 aromatic rings. The van der Waals surface area contributed by atoms with E-state index in [1.54, 1.807) is 6.92 Å². The van der Waals surface area contributed by atoms with Crippen LogP contribution in [-0.2, 0) is 9.53 Å². The molecule has 0 saturated carbocycles. The van der Waals surface area contributed by atoms with Crippen molar-refractivity contribution in [1.82, 2.24) is 15.5 Å². The highest BCUT2D eigenvalue weighted by Crippen LogP contribution is 2.30. The number of esters is 1. The van der Waals surface area contributed by atoms with Crippen LogP contribution in [0.15, 0.2) is 83.3 Å². The average molecular weight is 527 g/mol. The lowest BCUT2D eigenvalue weighted by Crippen LogP contribution is -2.26. The Labute approximate surface area is 228 Å². The van der Waals surface area contributed by atoms with Gasteiger partial charge in [-0.05, 0) is 66.9 Å². The number of nitrogens with one attached hydrogen (secondary N) is 2. The van der Waals surface area contributed by atoms with E-state index in [1.165, 1.54) is 0 Å². The lowest BCUT2D eigenvalue weighted by atomic mass is 9.91. The Balaban J connectivity index is 1.41. The zero-order valence-electron chi connectivity index (χ0n) is 22.5. The number of ether oxygens (including phenoxy) is 1. The molecule has 0 aliphatic rings. The first kappa shape index (κ1) is 27.6. The van der Waals surface area contributed by atoms with Gasteiger partial charge in [0.25, 0.3) is 5.91 Å². The average Bonchev–Trinajstić information content (AvgIpc) is 3.47. The van der Waals surface area contributed by atoms with E-state index in [2.05, 4.69) is 34.7 Å².